The molecule has 85 valence electrons. The average molecular weight is 341 g/mol. The molecule has 0 aliphatic heterocycles. The number of halogens is 1. The van der Waals surface area contributed by atoms with Gasteiger partial charge in [0.2, 0.25) is 0 Å². The Bertz CT molecular complexity index is 320. The molecule has 0 saturated carbocycles. The van der Waals surface area contributed by atoms with Crippen molar-refractivity contribution in [2.75, 3.05) is 0 Å². The Morgan fingerprint density at radius 3 is 2.44 bits per heavy atom. The molecule has 0 unspecified atom stereocenters. The molecule has 0 aromatic heterocycles. The third-order valence-electron chi connectivity index (χ3n) is 1.62. The van der Waals surface area contributed by atoms with Gasteiger partial charge in [0.15, 0.2) is 0 Å². The Labute approximate surface area is 123 Å². The van der Waals surface area contributed by atoms with Gasteiger partial charge in [0.1, 0.15) is 6.08 Å². The first-order valence-corrected chi connectivity index (χ1v) is 4.82. The fraction of sp³-hybridized carbons (Fsp3) is 0.286. The van der Waals surface area contributed by atoms with E-state index in [1.807, 2.05) is 42.5 Å². The van der Waals surface area contributed by atoms with Gasteiger partial charge in [0.25, 0.3) is 0 Å². The van der Waals surface area contributed by atoms with Crippen LogP contribution in [0.4, 0.5) is 0 Å². The van der Waals surface area contributed by atoms with Gasteiger partial charge < -0.3 is 12.4 Å². The first-order valence-electron chi connectivity index (χ1n) is 4.82. The predicted octanol–water partition coefficient (Wildman–Crippen LogP) is 0.529. The summed E-state index contributed by atoms with van der Waals surface area (Å²) >= 11 is 0. The van der Waals surface area contributed by atoms with E-state index in [0.717, 1.165) is 5.56 Å². The van der Waals surface area contributed by atoms with Crippen molar-refractivity contribution in [1.82, 2.24) is 0 Å². The van der Waals surface area contributed by atoms with Crippen molar-refractivity contribution >= 4 is 30.5 Å². The largest absolute Gasteiger partial charge is 1.00 e. The van der Waals surface area contributed by atoms with Crippen LogP contribution in [0.15, 0.2) is 36.4 Å². The Hall–Kier alpha value is -0.282. The minimum absolute atomic E-state index is 0. The molecule has 1 aromatic carbocycles. The fourth-order valence-corrected chi connectivity index (χ4v) is 0.961. The molecule has 3 radical (unpaired) electrons. The monoisotopic (exact) mass is 340 g/mol. The van der Waals surface area contributed by atoms with E-state index in [1.165, 1.54) is 0 Å². The molecule has 1 aromatic rings. The predicted molar refractivity (Wildman–Crippen MR) is 67.3 cm³/mol. The van der Waals surface area contributed by atoms with Crippen LogP contribution in [0.25, 0.3) is 6.08 Å². The van der Waals surface area contributed by atoms with E-state index in [1.54, 1.807) is 0 Å². The van der Waals surface area contributed by atoms with Crippen molar-refractivity contribution in [3.63, 3.8) is 0 Å². The summed E-state index contributed by atoms with van der Waals surface area (Å²) < 4.78 is 0. The van der Waals surface area contributed by atoms with Crippen LogP contribution in [-0.2, 0) is 0 Å². The van der Waals surface area contributed by atoms with Crippen LogP contribution >= 0.6 is 0 Å². The first-order chi connectivity index (χ1) is 6.58. The molecule has 1 rings (SSSR count). The summed E-state index contributed by atoms with van der Waals surface area (Å²) in [6.45, 7) is 6.39. The molecule has 0 N–H and O–H groups in total. The van der Waals surface area contributed by atoms with Gasteiger partial charge in [0, 0.05) is 30.5 Å². The van der Waals surface area contributed by atoms with E-state index in [-0.39, 0.29) is 42.3 Å². The third-order valence-corrected chi connectivity index (χ3v) is 1.62. The van der Waals surface area contributed by atoms with Gasteiger partial charge in [-0.25, -0.2) is 0 Å². The Kier molecular flexibility index (Phi) is 9.98. The van der Waals surface area contributed by atoms with Crippen molar-refractivity contribution in [1.29, 1.82) is 0 Å². The van der Waals surface area contributed by atoms with E-state index in [2.05, 4.69) is 32.9 Å². The summed E-state index contributed by atoms with van der Waals surface area (Å²) in [6.07, 6.45) is 9.25. The van der Waals surface area contributed by atoms with Gasteiger partial charge in [-0.1, -0.05) is 6.08 Å². The minimum Gasteiger partial charge on any atom is -1.00 e. The SMILES string of the molecule is CC(C)(C)[C+]=C/C=C\c1[c-]cccc1.[Cl-].[Sb]. The van der Waals surface area contributed by atoms with Crippen molar-refractivity contribution in [3.05, 3.63) is 54.1 Å². The maximum Gasteiger partial charge on any atom is 0.145 e. The van der Waals surface area contributed by atoms with Crippen molar-refractivity contribution in [2.45, 2.75) is 20.8 Å². The average Bonchev–Trinajstić information content (AvgIpc) is 2.13. The number of benzene rings is 1. The van der Waals surface area contributed by atoms with Gasteiger partial charge >= 0.3 is 0 Å². The van der Waals surface area contributed by atoms with E-state index < -0.39 is 0 Å². The quantitative estimate of drug-likeness (QED) is 0.418. The smallest absolute Gasteiger partial charge is 0.145 e. The first kappa shape index (κ1) is 18.1. The molecule has 0 saturated heterocycles. The number of hydrogen-bond donors (Lipinski definition) is 0. The normalized spacial score (nSPS) is 10.7. The molecular formula is C14H16ClSb-. The van der Waals surface area contributed by atoms with Crippen molar-refractivity contribution < 1.29 is 12.4 Å². The summed E-state index contributed by atoms with van der Waals surface area (Å²) in [5.41, 5.74) is 1.23. The maximum atomic E-state index is 3.27. The summed E-state index contributed by atoms with van der Waals surface area (Å²) in [4.78, 5) is 0. The molecule has 0 heterocycles. The topological polar surface area (TPSA) is 0 Å². The van der Waals surface area contributed by atoms with E-state index >= 15 is 0 Å². The Morgan fingerprint density at radius 1 is 1.25 bits per heavy atom. The second-order valence-corrected chi connectivity index (χ2v) is 4.24. The third kappa shape index (κ3) is 8.98. The second-order valence-electron chi connectivity index (χ2n) is 4.24. The zero-order chi connectivity index (χ0) is 10.4. The minimum atomic E-state index is 0. The van der Waals surface area contributed by atoms with Crippen LogP contribution in [0.1, 0.15) is 26.3 Å². The Balaban J connectivity index is 0. The van der Waals surface area contributed by atoms with Crippen LogP contribution < -0.4 is 12.4 Å². The van der Waals surface area contributed by atoms with Gasteiger partial charge in [0.05, 0.1) is 11.5 Å². The molecule has 0 nitrogen and oxygen atoms in total. The summed E-state index contributed by atoms with van der Waals surface area (Å²) in [7, 11) is 0. The maximum absolute atomic E-state index is 3.27. The fourth-order valence-electron chi connectivity index (χ4n) is 0.961. The van der Waals surface area contributed by atoms with Crippen LogP contribution in [0, 0.1) is 17.6 Å². The van der Waals surface area contributed by atoms with Crippen molar-refractivity contribution in [2.24, 2.45) is 5.41 Å². The van der Waals surface area contributed by atoms with Gasteiger partial charge in [-0.2, -0.15) is 0 Å². The molecule has 0 aliphatic carbocycles. The standard InChI is InChI=1S/C14H16.ClH.Sb/c1-14(2,3)12-8-7-11-13-9-5-4-6-10-13;;/h4-9,11H,1-3H3;1H;/p-1/b11-7-;;. The van der Waals surface area contributed by atoms with Gasteiger partial charge in [-0.3, -0.25) is 0 Å². The summed E-state index contributed by atoms with van der Waals surface area (Å²) in [6, 6.07) is 11.0. The summed E-state index contributed by atoms with van der Waals surface area (Å²) in [5, 5.41) is 0. The number of hydrogen-bond acceptors (Lipinski definition) is 0. The van der Waals surface area contributed by atoms with Gasteiger partial charge in [-0.15, -0.1) is 35.9 Å². The van der Waals surface area contributed by atoms with E-state index in [0.29, 0.717) is 0 Å². The van der Waals surface area contributed by atoms with Crippen LogP contribution in [0.3, 0.4) is 0 Å². The summed E-state index contributed by atoms with van der Waals surface area (Å²) in [5.74, 6) is 0. The second kappa shape index (κ2) is 8.82. The zero-order valence-electron chi connectivity index (χ0n) is 9.87. The molecule has 0 amide bonds. The molecule has 0 aliphatic rings. The van der Waals surface area contributed by atoms with Crippen LogP contribution in [0.2, 0.25) is 0 Å². The zero-order valence-corrected chi connectivity index (χ0v) is 13.2. The molecule has 0 bridgehead atoms. The Morgan fingerprint density at radius 2 is 1.94 bits per heavy atom. The molecule has 0 spiro atoms. The van der Waals surface area contributed by atoms with Crippen LogP contribution in [-0.4, -0.2) is 24.4 Å². The number of allylic oxidation sites excluding steroid dienone is 3. The van der Waals surface area contributed by atoms with Crippen LogP contribution in [0.5, 0.6) is 0 Å². The molecule has 2 heteroatoms. The molecular weight excluding hydrogens is 325 g/mol. The van der Waals surface area contributed by atoms with E-state index in [9.17, 15) is 0 Å². The molecule has 0 fully saturated rings. The number of rotatable bonds is 2. The molecule has 0 atom stereocenters. The van der Waals surface area contributed by atoms with E-state index in [4.69, 9.17) is 0 Å². The van der Waals surface area contributed by atoms with Crippen molar-refractivity contribution in [3.8, 4) is 0 Å². The van der Waals surface area contributed by atoms with Gasteiger partial charge in [-0.05, 0) is 20.8 Å². The molecule has 16 heavy (non-hydrogen) atoms.